The van der Waals surface area contributed by atoms with E-state index in [4.69, 9.17) is 10.5 Å². The van der Waals surface area contributed by atoms with E-state index in [1.807, 2.05) is 38.1 Å². The molecule has 0 aliphatic heterocycles. The summed E-state index contributed by atoms with van der Waals surface area (Å²) in [6.45, 7) is 4.39. The number of para-hydroxylation sites is 1. The van der Waals surface area contributed by atoms with Gasteiger partial charge < -0.3 is 10.5 Å². The average Bonchev–Trinajstić information content (AvgIpc) is 2.54. The predicted octanol–water partition coefficient (Wildman–Crippen LogP) is 2.82. The molecule has 114 valence electrons. The van der Waals surface area contributed by atoms with Crippen LogP contribution in [0.3, 0.4) is 0 Å². The van der Waals surface area contributed by atoms with Gasteiger partial charge in [0.1, 0.15) is 5.75 Å². The highest BCUT2D eigenvalue weighted by atomic mass is 16.5. The van der Waals surface area contributed by atoms with Crippen LogP contribution < -0.4 is 15.9 Å². The number of nitrogens with zero attached hydrogens (tertiary/aromatic N) is 1. The summed E-state index contributed by atoms with van der Waals surface area (Å²) >= 11 is 0. The van der Waals surface area contributed by atoms with Crippen LogP contribution >= 0.6 is 0 Å². The second-order valence-corrected chi connectivity index (χ2v) is 4.68. The number of anilines is 1. The molecule has 0 atom stereocenters. The maximum Gasteiger partial charge on any atom is 0.273 e. The normalized spacial score (nSPS) is 11.1. The van der Waals surface area contributed by atoms with Gasteiger partial charge in [0, 0.05) is 5.69 Å². The van der Waals surface area contributed by atoms with Crippen molar-refractivity contribution >= 4 is 17.3 Å². The SMILES string of the molecule is CCOc1ccc(/C(C)=N\NC(=O)c2ccccc2N)cc1. The number of amides is 1. The van der Waals surface area contributed by atoms with Gasteiger partial charge in [-0.05, 0) is 55.8 Å². The molecule has 2 aromatic rings. The summed E-state index contributed by atoms with van der Waals surface area (Å²) in [4.78, 5) is 12.0. The first kappa shape index (κ1) is 15.6. The van der Waals surface area contributed by atoms with Crippen molar-refractivity contribution in [3.8, 4) is 5.75 Å². The molecule has 5 nitrogen and oxygen atoms in total. The van der Waals surface area contributed by atoms with Gasteiger partial charge in [-0.25, -0.2) is 5.43 Å². The number of carbonyl (C=O) groups is 1. The monoisotopic (exact) mass is 297 g/mol. The Kier molecular flexibility index (Phi) is 5.14. The molecule has 0 heterocycles. The molecule has 0 fully saturated rings. The minimum atomic E-state index is -0.330. The molecule has 0 bridgehead atoms. The molecule has 5 heteroatoms. The summed E-state index contributed by atoms with van der Waals surface area (Å²) in [6, 6.07) is 14.4. The molecule has 2 aromatic carbocycles. The van der Waals surface area contributed by atoms with E-state index in [-0.39, 0.29) is 5.91 Å². The van der Waals surface area contributed by atoms with E-state index < -0.39 is 0 Å². The van der Waals surface area contributed by atoms with Crippen molar-refractivity contribution < 1.29 is 9.53 Å². The number of hydrazone groups is 1. The zero-order chi connectivity index (χ0) is 15.9. The van der Waals surface area contributed by atoms with E-state index >= 15 is 0 Å². The Balaban J connectivity index is 2.06. The van der Waals surface area contributed by atoms with Crippen LogP contribution in [-0.4, -0.2) is 18.2 Å². The number of rotatable bonds is 5. The molecule has 0 spiro atoms. The summed E-state index contributed by atoms with van der Waals surface area (Å²) in [5.41, 5.74) is 10.7. The van der Waals surface area contributed by atoms with Gasteiger partial charge >= 0.3 is 0 Å². The van der Waals surface area contributed by atoms with Crippen LogP contribution in [0.2, 0.25) is 0 Å². The maximum absolute atomic E-state index is 12.0. The van der Waals surface area contributed by atoms with E-state index in [0.717, 1.165) is 11.3 Å². The Labute approximate surface area is 129 Å². The summed E-state index contributed by atoms with van der Waals surface area (Å²) in [5, 5.41) is 4.11. The van der Waals surface area contributed by atoms with Crippen LogP contribution in [-0.2, 0) is 0 Å². The van der Waals surface area contributed by atoms with Crippen molar-refractivity contribution in [1.82, 2.24) is 5.43 Å². The predicted molar refractivity (Wildman–Crippen MR) is 88.1 cm³/mol. The molecule has 1 amide bonds. The zero-order valence-corrected chi connectivity index (χ0v) is 12.7. The highest BCUT2D eigenvalue weighted by Gasteiger charge is 2.08. The van der Waals surface area contributed by atoms with Crippen molar-refractivity contribution in [2.75, 3.05) is 12.3 Å². The third-order valence-corrected chi connectivity index (χ3v) is 3.11. The fourth-order valence-corrected chi connectivity index (χ4v) is 1.92. The Hall–Kier alpha value is -2.82. The van der Waals surface area contributed by atoms with Gasteiger partial charge in [0.15, 0.2) is 0 Å². The number of nitrogen functional groups attached to an aromatic ring is 1. The summed E-state index contributed by atoms with van der Waals surface area (Å²) < 4.78 is 5.39. The Morgan fingerprint density at radius 1 is 1.18 bits per heavy atom. The lowest BCUT2D eigenvalue weighted by molar-refractivity contribution is 0.0955. The molecule has 0 radical (unpaired) electrons. The largest absolute Gasteiger partial charge is 0.494 e. The van der Waals surface area contributed by atoms with E-state index in [1.54, 1.807) is 24.3 Å². The van der Waals surface area contributed by atoms with Crippen molar-refractivity contribution in [3.63, 3.8) is 0 Å². The van der Waals surface area contributed by atoms with Crippen molar-refractivity contribution in [2.45, 2.75) is 13.8 Å². The molecule has 0 unspecified atom stereocenters. The molecule has 0 aromatic heterocycles. The van der Waals surface area contributed by atoms with Gasteiger partial charge in [-0.15, -0.1) is 0 Å². The molecule has 0 saturated carbocycles. The summed E-state index contributed by atoms with van der Waals surface area (Å²) in [7, 11) is 0. The van der Waals surface area contributed by atoms with Crippen molar-refractivity contribution in [3.05, 3.63) is 59.7 Å². The van der Waals surface area contributed by atoms with Crippen molar-refractivity contribution in [1.29, 1.82) is 0 Å². The number of nitrogens with two attached hydrogens (primary N) is 1. The van der Waals surface area contributed by atoms with Crippen LogP contribution in [0.25, 0.3) is 0 Å². The van der Waals surface area contributed by atoms with Gasteiger partial charge in [0.05, 0.1) is 17.9 Å². The van der Waals surface area contributed by atoms with Crippen LogP contribution in [0.15, 0.2) is 53.6 Å². The zero-order valence-electron chi connectivity index (χ0n) is 12.7. The first-order valence-electron chi connectivity index (χ1n) is 7.04. The topological polar surface area (TPSA) is 76.7 Å². The lowest BCUT2D eigenvalue weighted by Gasteiger charge is -2.06. The summed E-state index contributed by atoms with van der Waals surface area (Å²) in [6.07, 6.45) is 0. The van der Waals surface area contributed by atoms with E-state index in [0.29, 0.717) is 23.6 Å². The Morgan fingerprint density at radius 2 is 1.86 bits per heavy atom. The maximum atomic E-state index is 12.0. The standard InChI is InChI=1S/C17H19N3O2/c1-3-22-14-10-8-13(9-11-14)12(2)19-20-17(21)15-6-4-5-7-16(15)18/h4-11H,3,18H2,1-2H3,(H,20,21)/b19-12-. The minimum Gasteiger partial charge on any atom is -0.494 e. The number of hydrogen-bond donors (Lipinski definition) is 2. The van der Waals surface area contributed by atoms with Gasteiger partial charge in [-0.3, -0.25) is 4.79 Å². The Bertz CT molecular complexity index is 679. The van der Waals surface area contributed by atoms with Gasteiger partial charge in [0.25, 0.3) is 5.91 Å². The van der Waals surface area contributed by atoms with Crippen LogP contribution in [0.5, 0.6) is 5.75 Å². The smallest absolute Gasteiger partial charge is 0.273 e. The van der Waals surface area contributed by atoms with Crippen LogP contribution in [0.1, 0.15) is 29.8 Å². The van der Waals surface area contributed by atoms with E-state index in [9.17, 15) is 4.79 Å². The van der Waals surface area contributed by atoms with E-state index in [2.05, 4.69) is 10.5 Å². The van der Waals surface area contributed by atoms with Crippen LogP contribution in [0, 0.1) is 0 Å². The third kappa shape index (κ3) is 3.85. The second kappa shape index (κ2) is 7.26. The third-order valence-electron chi connectivity index (χ3n) is 3.11. The first-order valence-corrected chi connectivity index (χ1v) is 7.04. The quantitative estimate of drug-likeness (QED) is 0.506. The van der Waals surface area contributed by atoms with Crippen LogP contribution in [0.4, 0.5) is 5.69 Å². The number of nitrogens with one attached hydrogen (secondary N) is 1. The number of ether oxygens (including phenoxy) is 1. The van der Waals surface area contributed by atoms with Crippen molar-refractivity contribution in [2.24, 2.45) is 5.10 Å². The summed E-state index contributed by atoms with van der Waals surface area (Å²) in [5.74, 6) is 0.475. The fourth-order valence-electron chi connectivity index (χ4n) is 1.92. The molecule has 3 N–H and O–H groups in total. The lowest BCUT2D eigenvalue weighted by Crippen LogP contribution is -2.20. The molecular weight excluding hydrogens is 278 g/mol. The number of hydrogen-bond acceptors (Lipinski definition) is 4. The number of carbonyl (C=O) groups excluding carboxylic acids is 1. The molecule has 0 saturated heterocycles. The molecule has 22 heavy (non-hydrogen) atoms. The first-order chi connectivity index (χ1) is 10.6. The molecule has 2 rings (SSSR count). The van der Waals surface area contributed by atoms with Gasteiger partial charge in [0.2, 0.25) is 0 Å². The molecule has 0 aliphatic carbocycles. The highest BCUT2D eigenvalue weighted by Crippen LogP contribution is 2.13. The molecule has 0 aliphatic rings. The minimum absolute atomic E-state index is 0.330. The van der Waals surface area contributed by atoms with E-state index in [1.165, 1.54) is 0 Å². The average molecular weight is 297 g/mol. The van der Waals surface area contributed by atoms with Gasteiger partial charge in [-0.1, -0.05) is 12.1 Å². The number of benzene rings is 2. The fraction of sp³-hybridized carbons (Fsp3) is 0.176. The lowest BCUT2D eigenvalue weighted by atomic mass is 10.1. The highest BCUT2D eigenvalue weighted by molar-refractivity contribution is 6.02. The Morgan fingerprint density at radius 3 is 2.50 bits per heavy atom. The molecular formula is C17H19N3O2. The second-order valence-electron chi connectivity index (χ2n) is 4.68. The van der Waals surface area contributed by atoms with Gasteiger partial charge in [-0.2, -0.15) is 5.10 Å².